The molecule has 1 aromatic rings. The Morgan fingerprint density at radius 2 is 2.32 bits per heavy atom. The summed E-state index contributed by atoms with van der Waals surface area (Å²) < 4.78 is 5.24. The molecule has 1 heterocycles. The number of ether oxygens (including phenoxy) is 1. The van der Waals surface area contributed by atoms with E-state index >= 15 is 0 Å². The second-order valence-electron chi connectivity index (χ2n) is 4.90. The molecule has 0 aliphatic heterocycles. The average Bonchev–Trinajstić information content (AvgIpc) is 3.19. The Labute approximate surface area is 113 Å². The number of methoxy groups -OCH3 is 1. The van der Waals surface area contributed by atoms with E-state index in [4.69, 9.17) is 4.74 Å². The molecule has 0 radical (unpaired) electrons. The first-order chi connectivity index (χ1) is 9.19. The summed E-state index contributed by atoms with van der Waals surface area (Å²) >= 11 is 0. The highest BCUT2D eigenvalue weighted by atomic mass is 16.5. The molecule has 0 atom stereocenters. The fourth-order valence-corrected chi connectivity index (χ4v) is 1.85. The van der Waals surface area contributed by atoms with Crippen molar-refractivity contribution >= 4 is 11.6 Å². The van der Waals surface area contributed by atoms with Gasteiger partial charge in [-0.2, -0.15) is 0 Å². The van der Waals surface area contributed by atoms with Crippen LogP contribution in [0.2, 0.25) is 0 Å². The molecule has 0 aromatic carbocycles. The summed E-state index contributed by atoms with van der Waals surface area (Å²) in [6.07, 6.45) is 5.35. The van der Waals surface area contributed by atoms with Gasteiger partial charge in [-0.1, -0.05) is 0 Å². The first-order valence-electron chi connectivity index (χ1n) is 6.73. The molecule has 0 unspecified atom stereocenters. The van der Waals surface area contributed by atoms with Gasteiger partial charge >= 0.3 is 0 Å². The van der Waals surface area contributed by atoms with Crippen LogP contribution < -0.4 is 15.4 Å². The maximum absolute atomic E-state index is 11.5. The molecule has 1 fully saturated rings. The molecule has 0 spiro atoms. The Hall–Kier alpha value is -1.78. The van der Waals surface area contributed by atoms with Crippen LogP contribution in [0.15, 0.2) is 12.3 Å². The van der Waals surface area contributed by atoms with Crippen LogP contribution in [0.25, 0.3) is 0 Å². The van der Waals surface area contributed by atoms with E-state index in [1.165, 1.54) is 0 Å². The fourth-order valence-electron chi connectivity index (χ4n) is 1.85. The van der Waals surface area contributed by atoms with E-state index in [1.54, 1.807) is 13.3 Å². The molecule has 1 aliphatic rings. The summed E-state index contributed by atoms with van der Waals surface area (Å²) in [5.74, 6) is 0.884. The van der Waals surface area contributed by atoms with Crippen molar-refractivity contribution in [2.24, 2.45) is 0 Å². The number of carbonyl (C=O) groups is 1. The van der Waals surface area contributed by atoms with Crippen molar-refractivity contribution in [2.45, 2.75) is 38.6 Å². The van der Waals surface area contributed by atoms with Gasteiger partial charge in [-0.15, -0.1) is 0 Å². The normalized spacial score (nSPS) is 14.0. The van der Waals surface area contributed by atoms with Crippen LogP contribution in [0, 0.1) is 6.92 Å². The zero-order valence-corrected chi connectivity index (χ0v) is 11.5. The van der Waals surface area contributed by atoms with Gasteiger partial charge in [0.05, 0.1) is 19.0 Å². The van der Waals surface area contributed by atoms with E-state index < -0.39 is 0 Å². The van der Waals surface area contributed by atoms with Crippen molar-refractivity contribution < 1.29 is 9.53 Å². The van der Waals surface area contributed by atoms with Gasteiger partial charge in [0, 0.05) is 24.7 Å². The van der Waals surface area contributed by atoms with E-state index in [1.807, 2.05) is 13.0 Å². The van der Waals surface area contributed by atoms with Gasteiger partial charge in [0.15, 0.2) is 5.75 Å². The van der Waals surface area contributed by atoms with Gasteiger partial charge in [-0.3, -0.25) is 9.78 Å². The van der Waals surface area contributed by atoms with Crippen molar-refractivity contribution in [3.8, 4) is 5.75 Å². The minimum Gasteiger partial charge on any atom is -0.493 e. The number of rotatable bonds is 7. The Kier molecular flexibility index (Phi) is 4.60. The van der Waals surface area contributed by atoms with Gasteiger partial charge in [0.1, 0.15) is 0 Å². The maximum Gasteiger partial charge on any atom is 0.220 e. The first-order valence-corrected chi connectivity index (χ1v) is 6.73. The average molecular weight is 263 g/mol. The lowest BCUT2D eigenvalue weighted by atomic mass is 10.2. The second kappa shape index (κ2) is 6.41. The molecule has 104 valence electrons. The number of amides is 1. The number of anilines is 1. The summed E-state index contributed by atoms with van der Waals surface area (Å²) in [5.41, 5.74) is 1.87. The quantitative estimate of drug-likeness (QED) is 0.737. The van der Waals surface area contributed by atoms with Crippen LogP contribution >= 0.6 is 0 Å². The van der Waals surface area contributed by atoms with Crippen molar-refractivity contribution in [3.05, 3.63) is 18.0 Å². The van der Waals surface area contributed by atoms with Crippen LogP contribution in [0.5, 0.6) is 5.75 Å². The highest BCUT2D eigenvalue weighted by molar-refractivity contribution is 5.76. The molecule has 19 heavy (non-hydrogen) atoms. The number of nitrogens with one attached hydrogen (secondary N) is 2. The Balaban J connectivity index is 1.72. The maximum atomic E-state index is 11.5. The molecule has 2 N–H and O–H groups in total. The summed E-state index contributed by atoms with van der Waals surface area (Å²) in [6, 6.07) is 2.40. The lowest BCUT2D eigenvalue weighted by Crippen LogP contribution is -2.25. The number of aromatic nitrogens is 1. The minimum absolute atomic E-state index is 0.155. The number of pyridine rings is 1. The SMILES string of the molecule is COc1cnc(C)cc1NCCCC(=O)NC1CC1. The number of aryl methyl sites for hydroxylation is 1. The monoisotopic (exact) mass is 263 g/mol. The molecule has 0 saturated heterocycles. The van der Waals surface area contributed by atoms with Gasteiger partial charge in [0.25, 0.3) is 0 Å². The van der Waals surface area contributed by atoms with Gasteiger partial charge < -0.3 is 15.4 Å². The molecule has 1 aliphatic carbocycles. The van der Waals surface area contributed by atoms with E-state index in [9.17, 15) is 4.79 Å². The summed E-state index contributed by atoms with van der Waals surface area (Å²) in [7, 11) is 1.63. The van der Waals surface area contributed by atoms with E-state index in [-0.39, 0.29) is 5.91 Å². The molecule has 1 amide bonds. The summed E-state index contributed by atoms with van der Waals surface area (Å²) in [6.45, 7) is 2.69. The highest BCUT2D eigenvalue weighted by Crippen LogP contribution is 2.23. The topological polar surface area (TPSA) is 63.2 Å². The van der Waals surface area contributed by atoms with Crippen LogP contribution in [0.3, 0.4) is 0 Å². The third-order valence-corrected chi connectivity index (χ3v) is 3.06. The molecule has 5 nitrogen and oxygen atoms in total. The molecule has 1 aromatic heterocycles. The summed E-state index contributed by atoms with van der Waals surface area (Å²) in [4.78, 5) is 15.7. The van der Waals surface area contributed by atoms with Crippen LogP contribution in [-0.2, 0) is 4.79 Å². The largest absolute Gasteiger partial charge is 0.493 e. The molecule has 1 saturated carbocycles. The Morgan fingerprint density at radius 1 is 1.53 bits per heavy atom. The second-order valence-corrected chi connectivity index (χ2v) is 4.90. The van der Waals surface area contributed by atoms with Crippen molar-refractivity contribution in [1.29, 1.82) is 0 Å². The van der Waals surface area contributed by atoms with Gasteiger partial charge in [-0.05, 0) is 32.3 Å². The first kappa shape index (κ1) is 13.6. The van der Waals surface area contributed by atoms with E-state index in [2.05, 4.69) is 15.6 Å². The zero-order chi connectivity index (χ0) is 13.7. The smallest absolute Gasteiger partial charge is 0.220 e. The Bertz CT molecular complexity index is 444. The van der Waals surface area contributed by atoms with Gasteiger partial charge in [-0.25, -0.2) is 0 Å². The van der Waals surface area contributed by atoms with Crippen LogP contribution in [0.4, 0.5) is 5.69 Å². The van der Waals surface area contributed by atoms with Crippen molar-refractivity contribution in [1.82, 2.24) is 10.3 Å². The summed E-state index contributed by atoms with van der Waals surface area (Å²) in [5, 5.41) is 6.27. The predicted octanol–water partition coefficient (Wildman–Crippen LogP) is 1.87. The minimum atomic E-state index is 0.155. The predicted molar refractivity (Wildman–Crippen MR) is 74.4 cm³/mol. The third-order valence-electron chi connectivity index (χ3n) is 3.06. The standard InChI is InChI=1S/C14H21N3O2/c1-10-8-12(13(19-2)9-16-10)15-7-3-4-14(18)17-11-5-6-11/h8-9,11H,3-7H2,1-2H3,(H,15,16)(H,17,18). The van der Waals surface area contributed by atoms with E-state index in [0.29, 0.717) is 12.5 Å². The molecule has 5 heteroatoms. The highest BCUT2D eigenvalue weighted by Gasteiger charge is 2.22. The van der Waals surface area contributed by atoms with Crippen molar-refractivity contribution in [2.75, 3.05) is 19.0 Å². The number of carbonyl (C=O) groups excluding carboxylic acids is 1. The van der Waals surface area contributed by atoms with Crippen LogP contribution in [0.1, 0.15) is 31.4 Å². The zero-order valence-electron chi connectivity index (χ0n) is 11.5. The van der Waals surface area contributed by atoms with Crippen LogP contribution in [-0.4, -0.2) is 30.6 Å². The van der Waals surface area contributed by atoms with E-state index in [0.717, 1.165) is 42.9 Å². The number of nitrogens with zero attached hydrogens (tertiary/aromatic N) is 1. The lowest BCUT2D eigenvalue weighted by Gasteiger charge is -2.11. The Morgan fingerprint density at radius 3 is 3.00 bits per heavy atom. The van der Waals surface area contributed by atoms with Crippen molar-refractivity contribution in [3.63, 3.8) is 0 Å². The number of hydrogen-bond donors (Lipinski definition) is 2. The third kappa shape index (κ3) is 4.43. The molecular weight excluding hydrogens is 242 g/mol. The lowest BCUT2D eigenvalue weighted by molar-refractivity contribution is -0.121. The fraction of sp³-hybridized carbons (Fsp3) is 0.571. The molecular formula is C14H21N3O2. The number of hydrogen-bond acceptors (Lipinski definition) is 4. The molecule has 2 rings (SSSR count). The molecule has 0 bridgehead atoms. The van der Waals surface area contributed by atoms with Gasteiger partial charge in [0.2, 0.25) is 5.91 Å².